The van der Waals surface area contributed by atoms with Gasteiger partial charge in [0.05, 0.1) is 12.2 Å². The number of carboxylic acid groups (broad SMARTS) is 1. The standard InChI is InChI=1S/C28H39N7O4/c1-18(2)21-6-5-7-23(16-21)39-19(3)25-30-31-26(33(25)4)20-8-10-22(11-9-20)35-17-24(29-32-35)28(38)12-14-34(15-13-28)27(36)37/h5-7,16-20,22,38H,8-15H2,1-4H3,(H,36,37)/t19-,20-,22-/m1/s1. The van der Waals surface area contributed by atoms with Crippen molar-refractivity contribution in [3.05, 3.63) is 53.4 Å². The molecule has 1 saturated heterocycles. The average molecular weight is 538 g/mol. The molecule has 39 heavy (non-hydrogen) atoms. The second-order valence-corrected chi connectivity index (χ2v) is 11.4. The number of ether oxygens (including phenoxy) is 1. The molecule has 1 aromatic carbocycles. The van der Waals surface area contributed by atoms with E-state index in [2.05, 4.69) is 51.1 Å². The first-order valence-electron chi connectivity index (χ1n) is 13.9. The van der Waals surface area contributed by atoms with Crippen molar-refractivity contribution >= 4 is 6.09 Å². The van der Waals surface area contributed by atoms with Gasteiger partial charge in [-0.3, -0.25) is 0 Å². The molecule has 11 heteroatoms. The zero-order valence-corrected chi connectivity index (χ0v) is 23.2. The van der Waals surface area contributed by atoms with Gasteiger partial charge in [0.2, 0.25) is 0 Å². The summed E-state index contributed by atoms with van der Waals surface area (Å²) in [7, 11) is 2.02. The number of hydrogen-bond acceptors (Lipinski definition) is 7. The number of amides is 1. The first kappa shape index (κ1) is 27.1. The molecule has 5 rings (SSSR count). The monoisotopic (exact) mass is 537 g/mol. The third-order valence-electron chi connectivity index (χ3n) is 8.43. The number of likely N-dealkylation sites (tertiary alicyclic amines) is 1. The maximum atomic E-state index is 11.2. The van der Waals surface area contributed by atoms with Crippen LogP contribution in [0.15, 0.2) is 30.5 Å². The molecule has 0 radical (unpaired) electrons. The second kappa shape index (κ2) is 11.0. The van der Waals surface area contributed by atoms with Crippen LogP contribution in [0.2, 0.25) is 0 Å². The zero-order chi connectivity index (χ0) is 27.7. The van der Waals surface area contributed by atoms with Crippen molar-refractivity contribution in [3.63, 3.8) is 0 Å². The zero-order valence-electron chi connectivity index (χ0n) is 23.2. The SMILES string of the molecule is CC(C)c1cccc(O[C@H](C)c2nnc([C@H]3CC[C@H](n4cc(C5(O)CCN(C(=O)O)CC5)nn4)CC3)n2C)c1. The molecule has 0 spiro atoms. The fourth-order valence-corrected chi connectivity index (χ4v) is 5.86. The Morgan fingerprint density at radius 2 is 1.79 bits per heavy atom. The van der Waals surface area contributed by atoms with E-state index in [0.29, 0.717) is 30.4 Å². The van der Waals surface area contributed by atoms with E-state index >= 15 is 0 Å². The highest BCUT2D eigenvalue weighted by Crippen LogP contribution is 2.39. The van der Waals surface area contributed by atoms with Gasteiger partial charge >= 0.3 is 6.09 Å². The van der Waals surface area contributed by atoms with Gasteiger partial charge in [0.1, 0.15) is 22.9 Å². The number of hydrogen-bond donors (Lipinski definition) is 2. The first-order valence-corrected chi connectivity index (χ1v) is 13.9. The van der Waals surface area contributed by atoms with Gasteiger partial charge in [0.25, 0.3) is 0 Å². The van der Waals surface area contributed by atoms with Gasteiger partial charge in [-0.1, -0.05) is 31.2 Å². The summed E-state index contributed by atoms with van der Waals surface area (Å²) < 4.78 is 10.2. The lowest BCUT2D eigenvalue weighted by Crippen LogP contribution is -2.44. The van der Waals surface area contributed by atoms with E-state index in [-0.39, 0.29) is 25.2 Å². The van der Waals surface area contributed by atoms with Crippen LogP contribution in [0.3, 0.4) is 0 Å². The second-order valence-electron chi connectivity index (χ2n) is 11.4. The van der Waals surface area contributed by atoms with E-state index in [4.69, 9.17) is 4.74 Å². The minimum atomic E-state index is -1.13. The number of aromatic nitrogens is 6. The molecular weight excluding hydrogens is 498 g/mol. The van der Waals surface area contributed by atoms with Crippen LogP contribution in [-0.2, 0) is 12.6 Å². The average Bonchev–Trinajstić information content (AvgIpc) is 3.57. The van der Waals surface area contributed by atoms with Crippen LogP contribution in [0.4, 0.5) is 4.79 Å². The Kier molecular flexibility index (Phi) is 7.61. The predicted octanol–water partition coefficient (Wildman–Crippen LogP) is 4.53. The van der Waals surface area contributed by atoms with Crippen molar-refractivity contribution in [2.24, 2.45) is 7.05 Å². The Morgan fingerprint density at radius 3 is 2.46 bits per heavy atom. The molecule has 210 valence electrons. The topological polar surface area (TPSA) is 131 Å². The Balaban J connectivity index is 1.19. The molecular formula is C28H39N7O4. The van der Waals surface area contributed by atoms with Crippen molar-refractivity contribution in [2.75, 3.05) is 13.1 Å². The summed E-state index contributed by atoms with van der Waals surface area (Å²) in [5.74, 6) is 3.37. The smallest absolute Gasteiger partial charge is 0.407 e. The Bertz CT molecular complexity index is 1290. The molecule has 3 heterocycles. The van der Waals surface area contributed by atoms with Crippen LogP contribution >= 0.6 is 0 Å². The molecule has 1 aliphatic carbocycles. The van der Waals surface area contributed by atoms with Gasteiger partial charge in [-0.25, -0.2) is 9.48 Å². The van der Waals surface area contributed by atoms with E-state index < -0.39 is 11.7 Å². The Hall–Kier alpha value is -3.47. The molecule has 1 saturated carbocycles. The van der Waals surface area contributed by atoms with E-state index in [9.17, 15) is 15.0 Å². The van der Waals surface area contributed by atoms with Crippen molar-refractivity contribution < 1.29 is 19.7 Å². The minimum absolute atomic E-state index is 0.202. The van der Waals surface area contributed by atoms with Crippen molar-refractivity contribution in [3.8, 4) is 5.75 Å². The van der Waals surface area contributed by atoms with Gasteiger partial charge in [-0.2, -0.15) is 0 Å². The first-order chi connectivity index (χ1) is 18.6. The van der Waals surface area contributed by atoms with Crippen molar-refractivity contribution in [1.82, 2.24) is 34.7 Å². The lowest BCUT2D eigenvalue weighted by Gasteiger charge is -2.35. The molecule has 0 unspecified atom stereocenters. The number of carbonyl (C=O) groups is 1. The Morgan fingerprint density at radius 1 is 1.08 bits per heavy atom. The van der Waals surface area contributed by atoms with E-state index in [1.807, 2.05) is 37.0 Å². The molecule has 11 nitrogen and oxygen atoms in total. The largest absolute Gasteiger partial charge is 0.483 e. The van der Waals surface area contributed by atoms with Gasteiger partial charge in [0.15, 0.2) is 11.9 Å². The molecule has 2 aromatic heterocycles. The van der Waals surface area contributed by atoms with E-state index in [1.165, 1.54) is 10.5 Å². The summed E-state index contributed by atoms with van der Waals surface area (Å²) >= 11 is 0. The fourth-order valence-electron chi connectivity index (χ4n) is 5.86. The maximum absolute atomic E-state index is 11.2. The number of piperidine rings is 1. The van der Waals surface area contributed by atoms with Crippen LogP contribution in [0.5, 0.6) is 5.75 Å². The Labute approximate surface area is 228 Å². The van der Waals surface area contributed by atoms with Crippen LogP contribution < -0.4 is 4.74 Å². The van der Waals surface area contributed by atoms with Crippen LogP contribution in [0.25, 0.3) is 0 Å². The van der Waals surface area contributed by atoms with E-state index in [1.54, 1.807) is 0 Å². The molecule has 0 bridgehead atoms. The molecule has 1 atom stereocenters. The number of benzene rings is 1. The summed E-state index contributed by atoms with van der Waals surface area (Å²) in [5, 5.41) is 37.9. The molecule has 2 aliphatic rings. The molecule has 1 amide bonds. The van der Waals surface area contributed by atoms with E-state index in [0.717, 1.165) is 43.1 Å². The summed E-state index contributed by atoms with van der Waals surface area (Å²) in [5.41, 5.74) is 0.638. The predicted molar refractivity (Wildman–Crippen MR) is 144 cm³/mol. The quantitative estimate of drug-likeness (QED) is 0.449. The number of rotatable bonds is 7. The van der Waals surface area contributed by atoms with Crippen LogP contribution in [-0.4, -0.2) is 64.1 Å². The van der Waals surface area contributed by atoms with Gasteiger partial charge in [-0.15, -0.1) is 15.3 Å². The van der Waals surface area contributed by atoms with Gasteiger partial charge in [0, 0.05) is 26.1 Å². The maximum Gasteiger partial charge on any atom is 0.407 e. The third kappa shape index (κ3) is 5.63. The van der Waals surface area contributed by atoms with Crippen molar-refractivity contribution in [2.45, 2.75) is 88.9 Å². The summed E-state index contributed by atoms with van der Waals surface area (Å²) in [6.07, 6.45) is 5.07. The normalized spacial score (nSPS) is 22.2. The van der Waals surface area contributed by atoms with Crippen LogP contribution in [0, 0.1) is 0 Å². The minimum Gasteiger partial charge on any atom is -0.483 e. The third-order valence-corrected chi connectivity index (χ3v) is 8.43. The van der Waals surface area contributed by atoms with Gasteiger partial charge in [-0.05, 0) is 69.1 Å². The highest BCUT2D eigenvalue weighted by atomic mass is 16.5. The highest BCUT2D eigenvalue weighted by Gasteiger charge is 2.38. The van der Waals surface area contributed by atoms with Gasteiger partial charge < -0.3 is 24.4 Å². The highest BCUT2D eigenvalue weighted by molar-refractivity contribution is 5.65. The molecule has 2 N–H and O–H groups in total. The lowest BCUT2D eigenvalue weighted by atomic mass is 9.85. The van der Waals surface area contributed by atoms with Crippen molar-refractivity contribution in [1.29, 1.82) is 0 Å². The summed E-state index contributed by atoms with van der Waals surface area (Å²) in [4.78, 5) is 12.5. The number of aliphatic hydroxyl groups is 1. The molecule has 1 aliphatic heterocycles. The molecule has 3 aromatic rings. The fraction of sp³-hybridized carbons (Fsp3) is 0.607. The summed E-state index contributed by atoms with van der Waals surface area (Å²) in [6, 6.07) is 8.42. The lowest BCUT2D eigenvalue weighted by molar-refractivity contribution is -0.0248. The number of nitrogens with zero attached hydrogens (tertiary/aromatic N) is 7. The summed E-state index contributed by atoms with van der Waals surface area (Å²) in [6.45, 7) is 6.93. The van der Waals surface area contributed by atoms with Crippen LogP contribution in [0.1, 0.15) is 106 Å². The molecule has 2 fully saturated rings.